The maximum Gasteiger partial charge on any atom is 0.119 e. The highest BCUT2D eigenvalue weighted by Crippen LogP contribution is 2.24. The van der Waals surface area contributed by atoms with E-state index in [0.29, 0.717) is 0 Å². The molecule has 19 heavy (non-hydrogen) atoms. The molecule has 0 bridgehead atoms. The van der Waals surface area contributed by atoms with Crippen molar-refractivity contribution < 1.29 is 4.74 Å². The van der Waals surface area contributed by atoms with E-state index in [2.05, 4.69) is 41.1 Å². The van der Waals surface area contributed by atoms with Gasteiger partial charge in [-0.1, -0.05) is 34.1 Å². The molecule has 2 rings (SSSR count). The molecule has 0 heterocycles. The molecule has 0 spiro atoms. The normalized spacial score (nSPS) is 12.2. The van der Waals surface area contributed by atoms with Crippen molar-refractivity contribution in [2.75, 3.05) is 7.11 Å². The molecular formula is C16H18BrNO. The maximum absolute atomic E-state index is 6.30. The van der Waals surface area contributed by atoms with E-state index in [-0.39, 0.29) is 6.04 Å². The van der Waals surface area contributed by atoms with Crippen molar-refractivity contribution in [3.8, 4) is 5.75 Å². The van der Waals surface area contributed by atoms with Gasteiger partial charge in [0.15, 0.2) is 0 Å². The Morgan fingerprint density at radius 1 is 1.16 bits per heavy atom. The molecule has 100 valence electrons. The summed E-state index contributed by atoms with van der Waals surface area (Å²) in [5.41, 5.74) is 9.89. The van der Waals surface area contributed by atoms with Crippen LogP contribution in [0.2, 0.25) is 0 Å². The van der Waals surface area contributed by atoms with Crippen LogP contribution in [0.5, 0.6) is 5.75 Å². The second kappa shape index (κ2) is 6.22. The molecule has 0 aliphatic heterocycles. The van der Waals surface area contributed by atoms with Crippen LogP contribution < -0.4 is 10.5 Å². The Labute approximate surface area is 122 Å². The number of ether oxygens (including phenoxy) is 1. The standard InChI is InChI=1S/C16H18BrNO/c1-11-9-14(19-2)7-8-15(11)16(18)10-12-3-5-13(17)6-4-12/h3-9,16H,10,18H2,1-2H3. The summed E-state index contributed by atoms with van der Waals surface area (Å²) in [6, 6.07) is 14.3. The Morgan fingerprint density at radius 2 is 1.84 bits per heavy atom. The fourth-order valence-corrected chi connectivity index (χ4v) is 2.44. The van der Waals surface area contributed by atoms with Crippen molar-refractivity contribution >= 4 is 15.9 Å². The molecule has 2 aromatic carbocycles. The average Bonchev–Trinajstić information content (AvgIpc) is 2.41. The van der Waals surface area contributed by atoms with Crippen LogP contribution in [0.1, 0.15) is 22.7 Å². The monoisotopic (exact) mass is 319 g/mol. The summed E-state index contributed by atoms with van der Waals surface area (Å²) in [5.74, 6) is 0.872. The highest BCUT2D eigenvalue weighted by atomic mass is 79.9. The number of rotatable bonds is 4. The van der Waals surface area contributed by atoms with E-state index in [9.17, 15) is 0 Å². The van der Waals surface area contributed by atoms with Crippen LogP contribution in [0.3, 0.4) is 0 Å². The van der Waals surface area contributed by atoms with Crippen molar-refractivity contribution in [1.29, 1.82) is 0 Å². The Bertz CT molecular complexity index is 551. The molecule has 2 nitrogen and oxygen atoms in total. The average molecular weight is 320 g/mol. The third kappa shape index (κ3) is 3.58. The lowest BCUT2D eigenvalue weighted by Crippen LogP contribution is -2.14. The fraction of sp³-hybridized carbons (Fsp3) is 0.250. The van der Waals surface area contributed by atoms with E-state index < -0.39 is 0 Å². The smallest absolute Gasteiger partial charge is 0.119 e. The third-order valence-electron chi connectivity index (χ3n) is 3.25. The number of hydrogen-bond acceptors (Lipinski definition) is 2. The minimum atomic E-state index is 0.00656. The molecule has 0 amide bonds. The molecule has 2 aromatic rings. The van der Waals surface area contributed by atoms with E-state index in [1.807, 2.05) is 24.3 Å². The Hall–Kier alpha value is -1.32. The van der Waals surface area contributed by atoms with Gasteiger partial charge in [-0.05, 0) is 54.3 Å². The molecule has 0 radical (unpaired) electrons. The van der Waals surface area contributed by atoms with Crippen molar-refractivity contribution in [3.63, 3.8) is 0 Å². The summed E-state index contributed by atoms with van der Waals surface area (Å²) >= 11 is 3.44. The summed E-state index contributed by atoms with van der Waals surface area (Å²) in [7, 11) is 1.68. The zero-order valence-corrected chi connectivity index (χ0v) is 12.8. The fourth-order valence-electron chi connectivity index (χ4n) is 2.18. The lowest BCUT2D eigenvalue weighted by Gasteiger charge is -2.16. The molecule has 1 unspecified atom stereocenters. The summed E-state index contributed by atoms with van der Waals surface area (Å²) in [4.78, 5) is 0. The zero-order chi connectivity index (χ0) is 13.8. The molecule has 3 heteroatoms. The van der Waals surface area contributed by atoms with E-state index in [0.717, 1.165) is 16.6 Å². The zero-order valence-electron chi connectivity index (χ0n) is 11.2. The summed E-state index contributed by atoms with van der Waals surface area (Å²) < 4.78 is 6.30. The van der Waals surface area contributed by atoms with Gasteiger partial charge in [0.2, 0.25) is 0 Å². The van der Waals surface area contributed by atoms with E-state index >= 15 is 0 Å². The largest absolute Gasteiger partial charge is 0.497 e. The van der Waals surface area contributed by atoms with E-state index in [1.54, 1.807) is 7.11 Å². The van der Waals surface area contributed by atoms with E-state index in [4.69, 9.17) is 10.5 Å². The van der Waals surface area contributed by atoms with Crippen molar-refractivity contribution in [2.24, 2.45) is 5.73 Å². The molecule has 0 fully saturated rings. The molecular weight excluding hydrogens is 302 g/mol. The van der Waals surface area contributed by atoms with Crippen molar-refractivity contribution in [3.05, 3.63) is 63.6 Å². The lowest BCUT2D eigenvalue weighted by molar-refractivity contribution is 0.414. The van der Waals surface area contributed by atoms with Crippen LogP contribution in [-0.2, 0) is 6.42 Å². The third-order valence-corrected chi connectivity index (χ3v) is 3.77. The first-order valence-corrected chi connectivity index (χ1v) is 7.04. The second-order valence-corrected chi connectivity index (χ2v) is 5.58. The van der Waals surface area contributed by atoms with Gasteiger partial charge in [0.1, 0.15) is 5.75 Å². The maximum atomic E-state index is 6.30. The van der Waals surface area contributed by atoms with Gasteiger partial charge in [-0.2, -0.15) is 0 Å². The van der Waals surface area contributed by atoms with Gasteiger partial charge in [-0.25, -0.2) is 0 Å². The summed E-state index contributed by atoms with van der Waals surface area (Å²) in [6.07, 6.45) is 0.834. The molecule has 0 aliphatic rings. The van der Waals surface area contributed by atoms with Gasteiger partial charge in [-0.3, -0.25) is 0 Å². The van der Waals surface area contributed by atoms with Gasteiger partial charge in [-0.15, -0.1) is 0 Å². The number of halogens is 1. The highest BCUT2D eigenvalue weighted by molar-refractivity contribution is 9.10. The number of aryl methyl sites for hydroxylation is 1. The second-order valence-electron chi connectivity index (χ2n) is 4.66. The summed E-state index contributed by atoms with van der Waals surface area (Å²) in [6.45, 7) is 2.07. The van der Waals surface area contributed by atoms with Gasteiger partial charge in [0.05, 0.1) is 7.11 Å². The first-order valence-electron chi connectivity index (χ1n) is 6.24. The predicted octanol–water partition coefficient (Wildman–Crippen LogP) is 4.01. The topological polar surface area (TPSA) is 35.2 Å². The Balaban J connectivity index is 2.15. The molecule has 0 aliphatic carbocycles. The number of hydrogen-bond donors (Lipinski definition) is 1. The first kappa shape index (κ1) is 14.1. The van der Waals surface area contributed by atoms with Crippen LogP contribution in [0, 0.1) is 6.92 Å². The predicted molar refractivity (Wildman–Crippen MR) is 82.5 cm³/mol. The Morgan fingerprint density at radius 3 is 2.42 bits per heavy atom. The van der Waals surface area contributed by atoms with Gasteiger partial charge in [0.25, 0.3) is 0 Å². The number of nitrogens with two attached hydrogens (primary N) is 1. The summed E-state index contributed by atoms with van der Waals surface area (Å²) in [5, 5.41) is 0. The van der Waals surface area contributed by atoms with Gasteiger partial charge < -0.3 is 10.5 Å². The van der Waals surface area contributed by atoms with Crippen molar-refractivity contribution in [2.45, 2.75) is 19.4 Å². The first-order chi connectivity index (χ1) is 9.10. The number of methoxy groups -OCH3 is 1. The van der Waals surface area contributed by atoms with Crippen LogP contribution in [0.15, 0.2) is 46.9 Å². The number of benzene rings is 2. The van der Waals surface area contributed by atoms with E-state index in [1.165, 1.54) is 16.7 Å². The molecule has 2 N–H and O–H groups in total. The minimum Gasteiger partial charge on any atom is -0.497 e. The van der Waals surface area contributed by atoms with Crippen LogP contribution in [0.4, 0.5) is 0 Å². The molecule has 0 saturated carbocycles. The molecule has 0 aromatic heterocycles. The lowest BCUT2D eigenvalue weighted by atomic mass is 9.96. The van der Waals surface area contributed by atoms with Crippen LogP contribution >= 0.6 is 15.9 Å². The minimum absolute atomic E-state index is 0.00656. The quantitative estimate of drug-likeness (QED) is 0.924. The van der Waals surface area contributed by atoms with Crippen LogP contribution in [0.25, 0.3) is 0 Å². The molecule has 1 atom stereocenters. The van der Waals surface area contributed by atoms with Gasteiger partial charge in [0, 0.05) is 10.5 Å². The van der Waals surface area contributed by atoms with Crippen molar-refractivity contribution in [1.82, 2.24) is 0 Å². The Kier molecular flexibility index (Phi) is 4.61. The SMILES string of the molecule is COc1ccc(C(N)Cc2ccc(Br)cc2)c(C)c1. The van der Waals surface area contributed by atoms with Gasteiger partial charge >= 0.3 is 0 Å². The highest BCUT2D eigenvalue weighted by Gasteiger charge is 2.10. The van der Waals surface area contributed by atoms with Crippen LogP contribution in [-0.4, -0.2) is 7.11 Å². The molecule has 0 saturated heterocycles.